The van der Waals surface area contributed by atoms with Gasteiger partial charge in [0, 0.05) is 11.6 Å². The molecular weight excluding hydrogens is 254 g/mol. The zero-order valence-corrected chi connectivity index (χ0v) is 12.2. The van der Waals surface area contributed by atoms with Crippen molar-refractivity contribution in [2.45, 2.75) is 33.0 Å². The van der Waals surface area contributed by atoms with Crippen LogP contribution in [-0.2, 0) is 13.2 Å². The summed E-state index contributed by atoms with van der Waals surface area (Å²) < 4.78 is 16.6. The first-order valence-corrected chi connectivity index (χ1v) is 6.75. The molecule has 0 aliphatic rings. The largest absolute Gasteiger partial charge is 0.493 e. The van der Waals surface area contributed by atoms with Gasteiger partial charge in [-0.25, -0.2) is 0 Å². The molecule has 0 fully saturated rings. The number of nitrogens with one attached hydrogen (secondary N) is 1. The molecule has 0 unspecified atom stereocenters. The zero-order chi connectivity index (χ0) is 14.4. The van der Waals surface area contributed by atoms with Crippen LogP contribution < -0.4 is 14.8 Å². The van der Waals surface area contributed by atoms with Crippen LogP contribution in [0.25, 0.3) is 0 Å². The molecule has 20 heavy (non-hydrogen) atoms. The molecule has 0 saturated carbocycles. The van der Waals surface area contributed by atoms with Crippen LogP contribution in [0.4, 0.5) is 0 Å². The maximum Gasteiger partial charge on any atom is 0.161 e. The molecule has 4 heteroatoms. The zero-order valence-electron chi connectivity index (χ0n) is 12.2. The molecule has 2 rings (SSSR count). The number of rotatable bonds is 7. The Kier molecular flexibility index (Phi) is 5.07. The fraction of sp³-hybridized carbons (Fsp3) is 0.375. The van der Waals surface area contributed by atoms with E-state index in [0.29, 0.717) is 19.2 Å². The molecule has 0 aliphatic carbocycles. The van der Waals surface area contributed by atoms with Crippen molar-refractivity contribution in [3.05, 3.63) is 47.9 Å². The third-order valence-electron chi connectivity index (χ3n) is 2.96. The lowest BCUT2D eigenvalue weighted by molar-refractivity contribution is 0.281. The van der Waals surface area contributed by atoms with Gasteiger partial charge in [-0.3, -0.25) is 0 Å². The van der Waals surface area contributed by atoms with Gasteiger partial charge in [0.25, 0.3) is 0 Å². The van der Waals surface area contributed by atoms with E-state index < -0.39 is 0 Å². The van der Waals surface area contributed by atoms with Gasteiger partial charge in [0.05, 0.1) is 19.9 Å². The molecule has 108 valence electrons. The Balaban J connectivity index is 1.99. The minimum atomic E-state index is 0.420. The van der Waals surface area contributed by atoms with Crippen molar-refractivity contribution in [2.24, 2.45) is 0 Å². The molecule has 2 aromatic rings. The van der Waals surface area contributed by atoms with Gasteiger partial charge in [0.15, 0.2) is 11.5 Å². The van der Waals surface area contributed by atoms with Gasteiger partial charge in [-0.05, 0) is 18.2 Å². The molecule has 1 aromatic carbocycles. The van der Waals surface area contributed by atoms with Crippen molar-refractivity contribution < 1.29 is 13.9 Å². The van der Waals surface area contributed by atoms with Gasteiger partial charge in [-0.15, -0.1) is 0 Å². The van der Waals surface area contributed by atoms with Crippen LogP contribution in [0, 0.1) is 0 Å². The SMILES string of the molecule is COc1ccccc1OCc1ccoc1CNC(C)C. The topological polar surface area (TPSA) is 43.6 Å². The molecule has 0 bridgehead atoms. The van der Waals surface area contributed by atoms with Gasteiger partial charge in [-0.1, -0.05) is 26.0 Å². The minimum Gasteiger partial charge on any atom is -0.493 e. The molecular formula is C16H21NO3. The van der Waals surface area contributed by atoms with E-state index in [1.54, 1.807) is 13.4 Å². The monoisotopic (exact) mass is 275 g/mol. The van der Waals surface area contributed by atoms with E-state index in [1.165, 1.54) is 0 Å². The van der Waals surface area contributed by atoms with Gasteiger partial charge in [0.1, 0.15) is 12.4 Å². The number of ether oxygens (including phenoxy) is 2. The lowest BCUT2D eigenvalue weighted by Gasteiger charge is -2.11. The van der Waals surface area contributed by atoms with Crippen LogP contribution in [-0.4, -0.2) is 13.2 Å². The first-order valence-electron chi connectivity index (χ1n) is 6.75. The summed E-state index contributed by atoms with van der Waals surface area (Å²) in [7, 11) is 1.64. The lowest BCUT2D eigenvalue weighted by Crippen LogP contribution is -2.22. The maximum absolute atomic E-state index is 5.81. The summed E-state index contributed by atoms with van der Waals surface area (Å²) in [5.74, 6) is 2.38. The van der Waals surface area contributed by atoms with Crippen molar-refractivity contribution in [2.75, 3.05) is 7.11 Å². The molecule has 0 saturated heterocycles. The molecule has 4 nitrogen and oxygen atoms in total. The third kappa shape index (κ3) is 3.78. The summed E-state index contributed by atoms with van der Waals surface area (Å²) in [6.45, 7) is 5.38. The predicted octanol–water partition coefficient (Wildman–Crippen LogP) is 3.37. The van der Waals surface area contributed by atoms with Crippen LogP contribution in [0.3, 0.4) is 0 Å². The maximum atomic E-state index is 5.81. The molecule has 0 radical (unpaired) electrons. The molecule has 0 spiro atoms. The van der Waals surface area contributed by atoms with E-state index in [0.717, 1.165) is 22.8 Å². The quantitative estimate of drug-likeness (QED) is 0.841. The van der Waals surface area contributed by atoms with Crippen molar-refractivity contribution in [1.82, 2.24) is 5.32 Å². The van der Waals surface area contributed by atoms with E-state index >= 15 is 0 Å². The van der Waals surface area contributed by atoms with E-state index in [2.05, 4.69) is 19.2 Å². The van der Waals surface area contributed by atoms with Crippen molar-refractivity contribution in [3.8, 4) is 11.5 Å². The Morgan fingerprint density at radius 3 is 2.60 bits per heavy atom. The summed E-state index contributed by atoms with van der Waals surface area (Å²) in [6.07, 6.45) is 1.69. The van der Waals surface area contributed by atoms with E-state index in [1.807, 2.05) is 30.3 Å². The number of furan rings is 1. The summed E-state index contributed by atoms with van der Waals surface area (Å²) in [5, 5.41) is 3.34. The molecule has 0 amide bonds. The first-order chi connectivity index (χ1) is 9.70. The van der Waals surface area contributed by atoms with Crippen LogP contribution in [0.2, 0.25) is 0 Å². The highest BCUT2D eigenvalue weighted by Gasteiger charge is 2.09. The first kappa shape index (κ1) is 14.5. The standard InChI is InChI=1S/C16H21NO3/c1-12(2)17-10-16-13(8-9-19-16)11-20-15-7-5-4-6-14(15)18-3/h4-9,12,17H,10-11H2,1-3H3. The summed E-state index contributed by atoms with van der Waals surface area (Å²) in [5.41, 5.74) is 1.05. The highest BCUT2D eigenvalue weighted by Crippen LogP contribution is 2.27. The predicted molar refractivity (Wildman–Crippen MR) is 78.0 cm³/mol. The third-order valence-corrected chi connectivity index (χ3v) is 2.96. The van der Waals surface area contributed by atoms with Crippen LogP contribution in [0.1, 0.15) is 25.2 Å². The number of hydrogen-bond donors (Lipinski definition) is 1. The smallest absolute Gasteiger partial charge is 0.161 e. The highest BCUT2D eigenvalue weighted by molar-refractivity contribution is 5.39. The summed E-state index contributed by atoms with van der Waals surface area (Å²) >= 11 is 0. The van der Waals surface area contributed by atoms with Crippen LogP contribution >= 0.6 is 0 Å². The van der Waals surface area contributed by atoms with E-state index in [9.17, 15) is 0 Å². The number of para-hydroxylation sites is 2. The second-order valence-electron chi connectivity index (χ2n) is 4.84. The normalized spacial score (nSPS) is 10.8. The Labute approximate surface area is 119 Å². The summed E-state index contributed by atoms with van der Waals surface area (Å²) in [4.78, 5) is 0. The van der Waals surface area contributed by atoms with Crippen molar-refractivity contribution in [3.63, 3.8) is 0 Å². The molecule has 1 heterocycles. The molecule has 0 aliphatic heterocycles. The fourth-order valence-electron chi connectivity index (χ4n) is 1.84. The Morgan fingerprint density at radius 1 is 1.15 bits per heavy atom. The van der Waals surface area contributed by atoms with Crippen LogP contribution in [0.5, 0.6) is 11.5 Å². The number of benzene rings is 1. The molecule has 1 aromatic heterocycles. The number of hydrogen-bond acceptors (Lipinski definition) is 4. The molecule has 1 N–H and O–H groups in total. The molecule has 0 atom stereocenters. The van der Waals surface area contributed by atoms with Gasteiger partial charge in [-0.2, -0.15) is 0 Å². The van der Waals surface area contributed by atoms with E-state index in [-0.39, 0.29) is 0 Å². The Hall–Kier alpha value is -1.94. The van der Waals surface area contributed by atoms with Crippen molar-refractivity contribution in [1.29, 1.82) is 0 Å². The second kappa shape index (κ2) is 7.01. The fourth-order valence-corrected chi connectivity index (χ4v) is 1.84. The minimum absolute atomic E-state index is 0.420. The Bertz CT molecular complexity index is 534. The summed E-state index contributed by atoms with van der Waals surface area (Å²) in [6, 6.07) is 9.97. The van der Waals surface area contributed by atoms with Gasteiger partial charge in [0.2, 0.25) is 0 Å². The highest BCUT2D eigenvalue weighted by atomic mass is 16.5. The lowest BCUT2D eigenvalue weighted by atomic mass is 10.2. The van der Waals surface area contributed by atoms with Crippen molar-refractivity contribution >= 4 is 0 Å². The second-order valence-corrected chi connectivity index (χ2v) is 4.84. The van der Waals surface area contributed by atoms with E-state index in [4.69, 9.17) is 13.9 Å². The number of methoxy groups -OCH3 is 1. The van der Waals surface area contributed by atoms with Gasteiger partial charge < -0.3 is 19.2 Å². The Morgan fingerprint density at radius 2 is 1.90 bits per heavy atom. The van der Waals surface area contributed by atoms with Gasteiger partial charge >= 0.3 is 0 Å². The van der Waals surface area contributed by atoms with Crippen LogP contribution in [0.15, 0.2) is 41.0 Å². The average molecular weight is 275 g/mol. The average Bonchev–Trinajstić information content (AvgIpc) is 2.90.